The number of carbonyl (C=O) groups is 3. The molecule has 1 atom stereocenters. The van der Waals surface area contributed by atoms with E-state index in [0.29, 0.717) is 12.8 Å². The van der Waals surface area contributed by atoms with Crippen molar-refractivity contribution >= 4 is 17.9 Å². The van der Waals surface area contributed by atoms with Gasteiger partial charge in [0.15, 0.2) is 6.10 Å². The van der Waals surface area contributed by atoms with Crippen LogP contribution in [0.1, 0.15) is 252 Å². The zero-order valence-corrected chi connectivity index (χ0v) is 47.1. The largest absolute Gasteiger partial charge is 0.462 e. The highest BCUT2D eigenvalue weighted by atomic mass is 16.6. The molecule has 0 rings (SSSR count). The van der Waals surface area contributed by atoms with Gasteiger partial charge >= 0.3 is 17.9 Å². The molecule has 0 aromatic carbocycles. The number of rotatable bonds is 52. The Bertz CT molecular complexity index is 1580. The zero-order chi connectivity index (χ0) is 52.9. The molecule has 0 aliphatic rings. The molecule has 0 bridgehead atoms. The van der Waals surface area contributed by atoms with Crippen molar-refractivity contribution in [3.63, 3.8) is 0 Å². The molecule has 0 radical (unpaired) electrons. The molecule has 1 unspecified atom stereocenters. The molecule has 0 aliphatic heterocycles. The van der Waals surface area contributed by atoms with Crippen molar-refractivity contribution in [1.29, 1.82) is 0 Å². The van der Waals surface area contributed by atoms with Gasteiger partial charge in [0.05, 0.1) is 0 Å². The van der Waals surface area contributed by atoms with Crippen LogP contribution in [0.15, 0.2) is 134 Å². The van der Waals surface area contributed by atoms with Gasteiger partial charge in [-0.25, -0.2) is 0 Å². The predicted octanol–water partition coefficient (Wildman–Crippen LogP) is 20.2. The number of hydrogen-bond donors (Lipinski definition) is 0. The van der Waals surface area contributed by atoms with Crippen LogP contribution >= 0.6 is 0 Å². The maximum Gasteiger partial charge on any atom is 0.306 e. The number of ether oxygens (including phenoxy) is 3. The highest BCUT2D eigenvalue weighted by Gasteiger charge is 2.19. The molecular formula is C67H108O6. The van der Waals surface area contributed by atoms with Crippen LogP contribution in [0.3, 0.4) is 0 Å². The van der Waals surface area contributed by atoms with Crippen LogP contribution in [0.25, 0.3) is 0 Å². The summed E-state index contributed by atoms with van der Waals surface area (Å²) in [4.78, 5) is 38.2. The molecule has 0 saturated heterocycles. The Hall–Kier alpha value is -4.45. The molecule has 0 amide bonds. The van der Waals surface area contributed by atoms with Crippen molar-refractivity contribution in [2.75, 3.05) is 13.2 Å². The summed E-state index contributed by atoms with van der Waals surface area (Å²) in [6.07, 6.45) is 84.3. The zero-order valence-electron chi connectivity index (χ0n) is 47.1. The van der Waals surface area contributed by atoms with E-state index < -0.39 is 6.10 Å². The molecule has 412 valence electrons. The standard InChI is InChI=1S/C67H108O6/c1-4-7-10-13-16-19-22-25-28-31-34-37-39-42-45-48-51-54-57-60-66(69)72-63-64(73-67(70)61-58-55-52-49-46-43-40-36-33-30-27-24-21-18-15-12-9-6-3)62-71-65(68)59-56-53-50-47-44-41-38-35-32-29-26-23-20-17-14-11-8-5-2/h7,10,16,18-19,21,24-25,27-30,32-38,40,42,45,64H,4-6,8-9,11-15,17,20,22-23,26,31,39,41,43-44,46-63H2,1-3H3/b10-7-,19-16-,21-18-,27-24-,28-25-,32-29-,33-30-,37-34-,38-35-,40-36-,45-42-. The number of carbonyl (C=O) groups excluding carboxylic acids is 3. The highest BCUT2D eigenvalue weighted by molar-refractivity contribution is 5.71. The topological polar surface area (TPSA) is 78.9 Å². The summed E-state index contributed by atoms with van der Waals surface area (Å²) in [5.41, 5.74) is 0. The fourth-order valence-electron chi connectivity index (χ4n) is 7.76. The maximum atomic E-state index is 12.9. The summed E-state index contributed by atoms with van der Waals surface area (Å²) in [7, 11) is 0. The van der Waals surface area contributed by atoms with Crippen LogP contribution in [0.5, 0.6) is 0 Å². The van der Waals surface area contributed by atoms with E-state index in [1.165, 1.54) is 70.6 Å². The van der Waals surface area contributed by atoms with Gasteiger partial charge in [0.25, 0.3) is 0 Å². The molecule has 0 aromatic rings. The maximum absolute atomic E-state index is 12.9. The van der Waals surface area contributed by atoms with E-state index in [1.54, 1.807) is 0 Å². The van der Waals surface area contributed by atoms with Crippen LogP contribution in [0, 0.1) is 0 Å². The van der Waals surface area contributed by atoms with E-state index in [9.17, 15) is 14.4 Å². The number of unbranched alkanes of at least 4 members (excludes halogenated alkanes) is 23. The Kier molecular flexibility index (Phi) is 56.4. The molecule has 0 fully saturated rings. The molecule has 0 spiro atoms. The Morgan fingerprint density at radius 2 is 0.589 bits per heavy atom. The second kappa shape index (κ2) is 60.1. The van der Waals surface area contributed by atoms with Crippen molar-refractivity contribution in [2.45, 2.75) is 258 Å². The minimum atomic E-state index is -0.817. The number of hydrogen-bond acceptors (Lipinski definition) is 6. The third-order valence-electron chi connectivity index (χ3n) is 12.2. The van der Waals surface area contributed by atoms with E-state index in [0.717, 1.165) is 141 Å². The Morgan fingerprint density at radius 1 is 0.301 bits per heavy atom. The SMILES string of the molecule is CC/C=C\C/C=C\C/C=C\C/C=C\C/C=C\CCCCCC(=O)OCC(COC(=O)CCCCCCC/C=C\C=C/CCCCCCCCC)OC(=O)CCCCCCC\C=C/C=C\C=C/C=C\CCCCC. The van der Waals surface area contributed by atoms with Crippen molar-refractivity contribution in [3.05, 3.63) is 134 Å². The van der Waals surface area contributed by atoms with Crippen molar-refractivity contribution in [2.24, 2.45) is 0 Å². The molecular weight excluding hydrogens is 901 g/mol. The number of esters is 3. The molecule has 6 heteroatoms. The lowest BCUT2D eigenvalue weighted by Crippen LogP contribution is -2.30. The highest BCUT2D eigenvalue weighted by Crippen LogP contribution is 2.13. The molecule has 73 heavy (non-hydrogen) atoms. The van der Waals surface area contributed by atoms with Gasteiger partial charge in [0.1, 0.15) is 13.2 Å². The van der Waals surface area contributed by atoms with Crippen LogP contribution in [0.4, 0.5) is 0 Å². The van der Waals surface area contributed by atoms with Crippen LogP contribution in [-0.4, -0.2) is 37.2 Å². The van der Waals surface area contributed by atoms with Gasteiger partial charge < -0.3 is 14.2 Å². The van der Waals surface area contributed by atoms with E-state index >= 15 is 0 Å². The first-order valence-corrected chi connectivity index (χ1v) is 29.8. The van der Waals surface area contributed by atoms with Crippen LogP contribution in [0.2, 0.25) is 0 Å². The first kappa shape index (κ1) is 68.6. The monoisotopic (exact) mass is 1010 g/mol. The second-order valence-electron chi connectivity index (χ2n) is 19.3. The van der Waals surface area contributed by atoms with Crippen LogP contribution in [-0.2, 0) is 28.6 Å². The molecule has 0 N–H and O–H groups in total. The number of allylic oxidation sites excluding steroid dienone is 22. The minimum Gasteiger partial charge on any atom is -0.462 e. The quantitative estimate of drug-likeness (QED) is 0.0199. The second-order valence-corrected chi connectivity index (χ2v) is 19.3. The lowest BCUT2D eigenvalue weighted by Gasteiger charge is -2.18. The van der Waals surface area contributed by atoms with Gasteiger partial charge in [-0.2, -0.15) is 0 Å². The molecule has 6 nitrogen and oxygen atoms in total. The van der Waals surface area contributed by atoms with Crippen molar-refractivity contribution in [3.8, 4) is 0 Å². The summed E-state index contributed by atoms with van der Waals surface area (Å²) < 4.78 is 16.8. The van der Waals surface area contributed by atoms with E-state index in [2.05, 4.69) is 154 Å². The fourth-order valence-corrected chi connectivity index (χ4v) is 7.76. The van der Waals surface area contributed by atoms with E-state index in [-0.39, 0.29) is 37.5 Å². The van der Waals surface area contributed by atoms with Crippen molar-refractivity contribution < 1.29 is 28.6 Å². The summed E-state index contributed by atoms with van der Waals surface area (Å²) in [6.45, 7) is 6.42. The Labute approximate surface area is 449 Å². The van der Waals surface area contributed by atoms with Gasteiger partial charge in [-0.15, -0.1) is 0 Å². The molecule has 0 aliphatic carbocycles. The third-order valence-corrected chi connectivity index (χ3v) is 12.2. The Morgan fingerprint density at radius 3 is 1.01 bits per heavy atom. The normalized spacial score (nSPS) is 13.1. The minimum absolute atomic E-state index is 0.111. The van der Waals surface area contributed by atoms with Crippen LogP contribution < -0.4 is 0 Å². The van der Waals surface area contributed by atoms with Gasteiger partial charge in [-0.05, 0) is 116 Å². The van der Waals surface area contributed by atoms with E-state index in [4.69, 9.17) is 14.2 Å². The van der Waals surface area contributed by atoms with Gasteiger partial charge in [-0.1, -0.05) is 251 Å². The molecule has 0 heterocycles. The summed E-state index contributed by atoms with van der Waals surface area (Å²) >= 11 is 0. The van der Waals surface area contributed by atoms with Gasteiger partial charge in [-0.3, -0.25) is 14.4 Å². The average molecular weight is 1010 g/mol. The lowest BCUT2D eigenvalue weighted by atomic mass is 10.1. The van der Waals surface area contributed by atoms with Gasteiger partial charge in [0, 0.05) is 19.3 Å². The first-order valence-electron chi connectivity index (χ1n) is 29.8. The first-order chi connectivity index (χ1) is 36.0. The fraction of sp³-hybridized carbons (Fsp3) is 0.627. The Balaban J connectivity index is 4.56. The average Bonchev–Trinajstić information content (AvgIpc) is 3.39. The predicted molar refractivity (Wildman–Crippen MR) is 316 cm³/mol. The van der Waals surface area contributed by atoms with Gasteiger partial charge in [0.2, 0.25) is 0 Å². The smallest absolute Gasteiger partial charge is 0.306 e. The summed E-state index contributed by atoms with van der Waals surface area (Å²) in [5, 5.41) is 0. The van der Waals surface area contributed by atoms with E-state index in [1.807, 2.05) is 0 Å². The molecule has 0 aromatic heterocycles. The summed E-state index contributed by atoms with van der Waals surface area (Å²) in [5.74, 6) is -0.983. The lowest BCUT2D eigenvalue weighted by molar-refractivity contribution is -0.167. The molecule has 0 saturated carbocycles. The third kappa shape index (κ3) is 58.3. The van der Waals surface area contributed by atoms with Crippen molar-refractivity contribution in [1.82, 2.24) is 0 Å². The summed E-state index contributed by atoms with van der Waals surface area (Å²) in [6, 6.07) is 0.